The average Bonchev–Trinajstić information content (AvgIpc) is 3.15. The van der Waals surface area contributed by atoms with Crippen molar-refractivity contribution >= 4 is 17.3 Å². The third kappa shape index (κ3) is 6.60. The van der Waals surface area contributed by atoms with Gasteiger partial charge in [0.05, 0.1) is 13.2 Å². The van der Waals surface area contributed by atoms with Crippen LogP contribution < -0.4 is 10.6 Å². The van der Waals surface area contributed by atoms with Gasteiger partial charge in [-0.3, -0.25) is 4.99 Å². The summed E-state index contributed by atoms with van der Waals surface area (Å²) in [6.07, 6.45) is 2.31. The molecule has 0 amide bonds. The molecule has 2 N–H and O–H groups in total. The van der Waals surface area contributed by atoms with Crippen molar-refractivity contribution in [2.24, 2.45) is 4.99 Å². The Morgan fingerprint density at radius 2 is 2.16 bits per heavy atom. The number of aliphatic imine (C=N–C) groups is 1. The smallest absolute Gasteiger partial charge is 0.191 e. The summed E-state index contributed by atoms with van der Waals surface area (Å²) >= 11 is 1.81. The Kier molecular flexibility index (Phi) is 8.19. The van der Waals surface area contributed by atoms with Crippen molar-refractivity contribution in [3.63, 3.8) is 0 Å². The average molecular weight is 367 g/mol. The van der Waals surface area contributed by atoms with Crippen molar-refractivity contribution in [1.29, 1.82) is 0 Å². The van der Waals surface area contributed by atoms with E-state index in [2.05, 4.69) is 53.8 Å². The van der Waals surface area contributed by atoms with Crippen molar-refractivity contribution in [2.75, 3.05) is 46.4 Å². The third-order valence-electron chi connectivity index (χ3n) is 4.70. The zero-order chi connectivity index (χ0) is 18.1. The highest BCUT2D eigenvalue weighted by molar-refractivity contribution is 7.10. The number of thiophene rings is 1. The van der Waals surface area contributed by atoms with Gasteiger partial charge in [0.15, 0.2) is 5.96 Å². The predicted molar refractivity (Wildman–Crippen MR) is 108 cm³/mol. The summed E-state index contributed by atoms with van der Waals surface area (Å²) in [5.74, 6) is 0.947. The second kappa shape index (κ2) is 10.1. The first-order valence-electron chi connectivity index (χ1n) is 9.35. The molecular formula is C19H34N4OS. The van der Waals surface area contributed by atoms with Gasteiger partial charge < -0.3 is 20.3 Å². The lowest BCUT2D eigenvalue weighted by Crippen LogP contribution is -2.49. The zero-order valence-corrected chi connectivity index (χ0v) is 17.0. The molecule has 5 nitrogen and oxygen atoms in total. The molecule has 1 fully saturated rings. The van der Waals surface area contributed by atoms with Gasteiger partial charge in [-0.2, -0.15) is 0 Å². The molecule has 25 heavy (non-hydrogen) atoms. The van der Waals surface area contributed by atoms with E-state index < -0.39 is 0 Å². The molecule has 1 saturated heterocycles. The Morgan fingerprint density at radius 3 is 2.76 bits per heavy atom. The second-order valence-corrected chi connectivity index (χ2v) is 8.26. The van der Waals surface area contributed by atoms with Crippen LogP contribution in [-0.4, -0.2) is 63.3 Å². The van der Waals surface area contributed by atoms with Gasteiger partial charge >= 0.3 is 0 Å². The molecule has 0 unspecified atom stereocenters. The van der Waals surface area contributed by atoms with Crippen LogP contribution in [0.15, 0.2) is 22.5 Å². The molecule has 142 valence electrons. The Hall–Kier alpha value is -1.11. The lowest BCUT2D eigenvalue weighted by atomic mass is 9.92. The minimum atomic E-state index is 0.0695. The molecule has 0 aromatic carbocycles. The number of guanidine groups is 1. The molecule has 1 aromatic heterocycles. The van der Waals surface area contributed by atoms with Crippen LogP contribution in [0, 0.1) is 0 Å². The monoisotopic (exact) mass is 366 g/mol. The highest BCUT2D eigenvalue weighted by Gasteiger charge is 2.23. The maximum atomic E-state index is 5.18. The molecular weight excluding hydrogens is 332 g/mol. The Balaban J connectivity index is 1.86. The topological polar surface area (TPSA) is 48.9 Å². The molecule has 2 heterocycles. The van der Waals surface area contributed by atoms with Crippen molar-refractivity contribution < 1.29 is 4.74 Å². The minimum absolute atomic E-state index is 0.0695. The van der Waals surface area contributed by atoms with E-state index in [1.54, 1.807) is 7.11 Å². The van der Waals surface area contributed by atoms with Gasteiger partial charge in [0.1, 0.15) is 0 Å². The van der Waals surface area contributed by atoms with Gasteiger partial charge in [-0.25, -0.2) is 0 Å². The van der Waals surface area contributed by atoms with Crippen molar-refractivity contribution in [1.82, 2.24) is 15.5 Å². The highest BCUT2D eigenvalue weighted by Crippen LogP contribution is 2.27. The van der Waals surface area contributed by atoms with E-state index in [1.165, 1.54) is 4.88 Å². The standard InChI is InChI=1S/C19H34N4OS/c1-5-20-18(21-15-19(2,3)17-7-6-14-25-17)22-16-8-10-23(11-9-16)12-13-24-4/h6-7,14,16H,5,8-13,15H2,1-4H3,(H2,20,21,22). The molecule has 1 aliphatic rings. The zero-order valence-electron chi connectivity index (χ0n) is 16.2. The van der Waals surface area contributed by atoms with Crippen molar-refractivity contribution in [3.8, 4) is 0 Å². The number of ether oxygens (including phenoxy) is 1. The quantitative estimate of drug-likeness (QED) is 0.549. The number of rotatable bonds is 8. The van der Waals surface area contributed by atoms with Crippen LogP contribution in [-0.2, 0) is 10.2 Å². The van der Waals surface area contributed by atoms with Crippen molar-refractivity contribution in [3.05, 3.63) is 22.4 Å². The Bertz CT molecular complexity index is 508. The van der Waals surface area contributed by atoms with Crippen LogP contribution in [0.3, 0.4) is 0 Å². The largest absolute Gasteiger partial charge is 0.383 e. The summed E-state index contributed by atoms with van der Waals surface area (Å²) < 4.78 is 5.18. The van der Waals surface area contributed by atoms with Gasteiger partial charge in [0.2, 0.25) is 0 Å². The molecule has 0 aliphatic carbocycles. The number of methoxy groups -OCH3 is 1. The summed E-state index contributed by atoms with van der Waals surface area (Å²) in [6.45, 7) is 12.4. The van der Waals surface area contributed by atoms with E-state index in [1.807, 2.05) is 11.3 Å². The fourth-order valence-electron chi connectivity index (χ4n) is 3.05. The molecule has 1 aromatic rings. The Morgan fingerprint density at radius 1 is 1.40 bits per heavy atom. The second-order valence-electron chi connectivity index (χ2n) is 7.31. The normalized spacial score (nSPS) is 17.7. The SMILES string of the molecule is CCNC(=NCC(C)(C)c1cccs1)NC1CCN(CCOC)CC1. The van der Waals surface area contributed by atoms with E-state index in [-0.39, 0.29) is 5.41 Å². The van der Waals surface area contributed by atoms with Crippen LogP contribution >= 0.6 is 11.3 Å². The van der Waals surface area contributed by atoms with Gasteiger partial charge in [-0.1, -0.05) is 19.9 Å². The lowest BCUT2D eigenvalue weighted by molar-refractivity contribution is 0.128. The van der Waals surface area contributed by atoms with Crippen LogP contribution in [0.25, 0.3) is 0 Å². The number of nitrogens with one attached hydrogen (secondary N) is 2. The Labute approximate surface area is 156 Å². The number of piperidine rings is 1. The maximum absolute atomic E-state index is 5.18. The number of hydrogen-bond donors (Lipinski definition) is 2. The first-order chi connectivity index (χ1) is 12.0. The van der Waals surface area contributed by atoms with E-state index >= 15 is 0 Å². The van der Waals surface area contributed by atoms with Crippen LogP contribution in [0.4, 0.5) is 0 Å². The number of nitrogens with zero attached hydrogens (tertiary/aromatic N) is 2. The first kappa shape index (κ1) is 20.2. The molecule has 0 spiro atoms. The minimum Gasteiger partial charge on any atom is -0.383 e. The van der Waals surface area contributed by atoms with Gasteiger partial charge in [0.25, 0.3) is 0 Å². The van der Waals surface area contributed by atoms with Gasteiger partial charge in [0, 0.05) is 49.6 Å². The molecule has 2 rings (SSSR count). The molecule has 0 atom stereocenters. The molecule has 1 aliphatic heterocycles. The summed E-state index contributed by atoms with van der Waals surface area (Å²) in [5.41, 5.74) is 0.0695. The van der Waals surface area contributed by atoms with Gasteiger partial charge in [-0.15, -0.1) is 11.3 Å². The molecule has 0 radical (unpaired) electrons. The van der Waals surface area contributed by atoms with E-state index in [9.17, 15) is 0 Å². The molecule has 0 bridgehead atoms. The molecule has 6 heteroatoms. The number of hydrogen-bond acceptors (Lipinski definition) is 4. The summed E-state index contributed by atoms with van der Waals surface area (Å²) in [6, 6.07) is 4.82. The third-order valence-corrected chi connectivity index (χ3v) is 5.94. The fraction of sp³-hybridized carbons (Fsp3) is 0.737. The van der Waals surface area contributed by atoms with Crippen LogP contribution in [0.2, 0.25) is 0 Å². The van der Waals surface area contributed by atoms with Crippen molar-refractivity contribution in [2.45, 2.75) is 45.1 Å². The lowest BCUT2D eigenvalue weighted by Gasteiger charge is -2.33. The maximum Gasteiger partial charge on any atom is 0.191 e. The first-order valence-corrected chi connectivity index (χ1v) is 10.2. The highest BCUT2D eigenvalue weighted by atomic mass is 32.1. The number of likely N-dealkylation sites (tertiary alicyclic amines) is 1. The van der Waals surface area contributed by atoms with Crippen LogP contribution in [0.1, 0.15) is 38.5 Å². The fourth-order valence-corrected chi connectivity index (χ4v) is 3.90. The summed E-state index contributed by atoms with van der Waals surface area (Å²) in [7, 11) is 1.77. The van der Waals surface area contributed by atoms with Gasteiger partial charge in [-0.05, 0) is 31.2 Å². The van der Waals surface area contributed by atoms with E-state index in [0.717, 1.165) is 58.1 Å². The van der Waals surface area contributed by atoms with E-state index in [4.69, 9.17) is 9.73 Å². The van der Waals surface area contributed by atoms with E-state index in [0.29, 0.717) is 6.04 Å². The summed E-state index contributed by atoms with van der Waals surface area (Å²) in [5, 5.41) is 9.18. The predicted octanol–water partition coefficient (Wildman–Crippen LogP) is 2.69. The van der Waals surface area contributed by atoms with Crippen LogP contribution in [0.5, 0.6) is 0 Å². The molecule has 0 saturated carbocycles. The summed E-state index contributed by atoms with van der Waals surface area (Å²) in [4.78, 5) is 8.74.